The average Bonchev–Trinajstić information content (AvgIpc) is 3.83. The molecule has 0 saturated carbocycles. The summed E-state index contributed by atoms with van der Waals surface area (Å²) in [4.78, 5) is 25.3. The summed E-state index contributed by atoms with van der Waals surface area (Å²) >= 11 is 7.33. The Balaban J connectivity index is 1.08. The van der Waals surface area contributed by atoms with Gasteiger partial charge in [0.1, 0.15) is 49.4 Å². The van der Waals surface area contributed by atoms with E-state index in [0.29, 0.717) is 22.7 Å². The number of aliphatic hydroxyl groups is 2. The summed E-state index contributed by atoms with van der Waals surface area (Å²) in [7, 11) is -4.88. The van der Waals surface area contributed by atoms with Gasteiger partial charge in [0, 0.05) is 0 Å². The largest absolute Gasteiger partial charge is 0.582 e. The van der Waals surface area contributed by atoms with Gasteiger partial charge in [-0.2, -0.15) is 0 Å². The van der Waals surface area contributed by atoms with E-state index < -0.39 is 76.9 Å². The fourth-order valence-corrected chi connectivity index (χ4v) is 6.88. The molecule has 0 amide bonds. The molecular formula is C24H26F2N10O8P2S2+2. The average molecular weight is 747 g/mol. The molecule has 6 rings (SSSR count). The second kappa shape index (κ2) is 15.1. The van der Waals surface area contributed by atoms with E-state index in [1.807, 2.05) is 0 Å². The number of halogens is 2. The van der Waals surface area contributed by atoms with Crippen LogP contribution < -0.4 is 10.6 Å². The van der Waals surface area contributed by atoms with Crippen LogP contribution in [0.4, 0.5) is 20.4 Å². The molecule has 2 unspecified atom stereocenters. The second-order valence-corrected chi connectivity index (χ2v) is 13.5. The smallest absolute Gasteiger partial charge is 0.394 e. The summed E-state index contributed by atoms with van der Waals surface area (Å²) in [5.74, 6) is 6.48. The molecule has 2 saturated heterocycles. The first kappa shape index (κ1) is 34.6. The first-order valence-electron chi connectivity index (χ1n) is 14.0. The van der Waals surface area contributed by atoms with E-state index in [0.717, 1.165) is 0 Å². The highest BCUT2D eigenvalue weighted by atomic mass is 32.7. The number of ether oxygens (including phenoxy) is 2. The van der Waals surface area contributed by atoms with Gasteiger partial charge in [-0.05, 0) is 9.13 Å². The molecule has 0 spiro atoms. The molecular weight excluding hydrogens is 720 g/mol. The van der Waals surface area contributed by atoms with Crippen molar-refractivity contribution in [2.45, 2.75) is 49.2 Å². The summed E-state index contributed by atoms with van der Waals surface area (Å²) in [5, 5.41) is 25.2. The number of fused-ring (bicyclic) bond motifs is 2. The van der Waals surface area contributed by atoms with E-state index in [4.69, 9.17) is 18.5 Å². The van der Waals surface area contributed by atoms with Gasteiger partial charge in [-0.3, -0.25) is 9.13 Å². The van der Waals surface area contributed by atoms with E-state index >= 15 is 8.78 Å². The molecule has 10 atom stereocenters. The molecule has 2 aliphatic rings. The number of hydrogen-bond acceptors (Lipinski definition) is 16. The zero-order chi connectivity index (χ0) is 33.9. The van der Waals surface area contributed by atoms with Crippen LogP contribution in [0.3, 0.4) is 0 Å². The number of nitrogens with one attached hydrogen (secondary N) is 2. The number of thiol groups is 2. The molecule has 0 aromatic carbocycles. The van der Waals surface area contributed by atoms with Gasteiger partial charge in [-0.15, -0.1) is 9.05 Å². The van der Waals surface area contributed by atoms with Gasteiger partial charge in [0.05, 0.1) is 39.0 Å². The molecule has 0 radical (unpaired) electrons. The lowest BCUT2D eigenvalue weighted by Crippen LogP contribution is -2.31. The van der Waals surface area contributed by atoms with E-state index in [2.05, 4.69) is 76.9 Å². The fourth-order valence-electron chi connectivity index (χ4n) is 5.31. The van der Waals surface area contributed by atoms with E-state index in [9.17, 15) is 19.3 Å². The van der Waals surface area contributed by atoms with Gasteiger partial charge >= 0.3 is 14.5 Å². The van der Waals surface area contributed by atoms with Gasteiger partial charge in [-0.1, -0.05) is 11.8 Å². The van der Waals surface area contributed by atoms with Crippen molar-refractivity contribution in [1.29, 1.82) is 0 Å². The fraction of sp³-hybridized carbons (Fsp3) is 0.500. The van der Waals surface area contributed by atoms with E-state index in [1.165, 1.54) is 34.4 Å². The van der Waals surface area contributed by atoms with Crippen LogP contribution in [0.5, 0.6) is 0 Å². The quantitative estimate of drug-likeness (QED) is 0.0692. The summed E-state index contributed by atoms with van der Waals surface area (Å²) < 4.78 is 77.3. The minimum Gasteiger partial charge on any atom is -0.394 e. The predicted molar refractivity (Wildman–Crippen MR) is 170 cm³/mol. The predicted octanol–water partition coefficient (Wildman–Crippen LogP) is 1.89. The number of rotatable bonds is 12. The van der Waals surface area contributed by atoms with Crippen molar-refractivity contribution in [2.75, 3.05) is 36.9 Å². The van der Waals surface area contributed by atoms with Gasteiger partial charge in [0.15, 0.2) is 71.0 Å². The molecule has 24 heteroatoms. The summed E-state index contributed by atoms with van der Waals surface area (Å²) in [5.41, 5.74) is 1.09. The van der Waals surface area contributed by atoms with Crippen LogP contribution in [0.15, 0.2) is 25.3 Å². The topological polar surface area (TPSA) is 223 Å². The maximum Gasteiger partial charge on any atom is 0.582 e. The highest BCUT2D eigenvalue weighted by molar-refractivity contribution is 8.39. The van der Waals surface area contributed by atoms with Crippen LogP contribution in [-0.4, -0.2) is 112 Å². The summed E-state index contributed by atoms with van der Waals surface area (Å²) in [6.45, 7) is -0.848. The SMILES string of the molecule is O=[P+](S)O[C@H]1[C@@H](F)[C@H](n2cnc3c(NCC#CCNc4ncnc5c4ncn5[C@@H]4O[C@H](CO)[C@@H](O[P+](=O)S)[C@H]4F)ncnc32)O[C@@H]1CO. The van der Waals surface area contributed by atoms with E-state index in [1.54, 1.807) is 0 Å². The van der Waals surface area contributed by atoms with Crippen LogP contribution in [0.2, 0.25) is 0 Å². The monoisotopic (exact) mass is 746 g/mol. The number of hydrogen-bond donors (Lipinski definition) is 6. The minimum atomic E-state index is -2.44. The third kappa shape index (κ3) is 6.93. The zero-order valence-electron chi connectivity index (χ0n) is 24.2. The Kier molecular flexibility index (Phi) is 10.9. The van der Waals surface area contributed by atoms with Crippen molar-refractivity contribution in [2.24, 2.45) is 0 Å². The molecule has 254 valence electrons. The number of nitrogens with zero attached hydrogens (tertiary/aromatic N) is 8. The number of aliphatic hydroxyl groups excluding tert-OH is 2. The van der Waals surface area contributed by atoms with Crippen molar-refractivity contribution in [1.82, 2.24) is 39.0 Å². The summed E-state index contributed by atoms with van der Waals surface area (Å²) in [6.07, 6.45) is -5.74. The molecule has 48 heavy (non-hydrogen) atoms. The van der Waals surface area contributed by atoms with Crippen molar-refractivity contribution >= 4 is 72.9 Å². The Labute approximate surface area is 281 Å². The second-order valence-electron chi connectivity index (χ2n) is 10.2. The molecule has 4 N–H and O–H groups in total. The Bertz CT molecular complexity index is 1750. The molecule has 4 aromatic heterocycles. The number of anilines is 2. The van der Waals surface area contributed by atoms with Crippen LogP contribution in [0.1, 0.15) is 12.5 Å². The van der Waals surface area contributed by atoms with Crippen LogP contribution in [0.25, 0.3) is 22.3 Å². The Morgan fingerprint density at radius 2 is 1.19 bits per heavy atom. The maximum atomic E-state index is 15.2. The highest BCUT2D eigenvalue weighted by Gasteiger charge is 2.52. The Morgan fingerprint density at radius 3 is 1.56 bits per heavy atom. The first-order chi connectivity index (χ1) is 23.2. The molecule has 2 fully saturated rings. The minimum absolute atomic E-state index is 0.141. The first-order valence-corrected chi connectivity index (χ1v) is 18.6. The van der Waals surface area contributed by atoms with Gasteiger partial charge in [0.2, 0.25) is 0 Å². The lowest BCUT2D eigenvalue weighted by molar-refractivity contribution is -0.0427. The van der Waals surface area contributed by atoms with Crippen molar-refractivity contribution in [3.63, 3.8) is 0 Å². The molecule has 18 nitrogen and oxygen atoms in total. The number of alkyl halides is 2. The lowest BCUT2D eigenvalue weighted by atomic mass is 10.1. The van der Waals surface area contributed by atoms with Crippen molar-refractivity contribution in [3.8, 4) is 11.8 Å². The maximum absolute atomic E-state index is 15.2. The third-order valence-electron chi connectivity index (χ3n) is 7.40. The molecule has 0 aliphatic carbocycles. The Morgan fingerprint density at radius 1 is 0.771 bits per heavy atom. The standard InChI is InChI=1S/C24H24F2N10O8P2S2/c25-13-17(43-45(39)47)11(5-37)41-23(13)35-9-33-15-19(29-7-31-21(15)35)27-3-1-2-4-28-20-16-22(32-8-30-20)36(10-34-16)24-14(26)18(44-46(40)48)12(6-38)42-24/h7-14,17-18,23-24,37-38H,3-6H2,(H2-2,27,28,29,30,31,32,39,40,47,48)/p+2/t11-,12-,13-,14-,17-,18-,23-,24-/m1/s1. The van der Waals surface area contributed by atoms with Crippen LogP contribution in [-0.2, 0) is 27.7 Å². The summed E-state index contributed by atoms with van der Waals surface area (Å²) in [6, 6.07) is 0. The molecule has 4 aromatic rings. The van der Waals surface area contributed by atoms with Gasteiger partial charge in [-0.25, -0.2) is 38.7 Å². The zero-order valence-corrected chi connectivity index (χ0v) is 27.8. The van der Waals surface area contributed by atoms with Crippen LogP contribution >= 0.6 is 39.0 Å². The van der Waals surface area contributed by atoms with Crippen molar-refractivity contribution < 1.29 is 46.6 Å². The molecule has 2 aliphatic heterocycles. The van der Waals surface area contributed by atoms with Gasteiger partial charge < -0.3 is 30.3 Å². The number of aromatic nitrogens is 8. The normalized spacial score (nSPS) is 27.6. The molecule has 0 bridgehead atoms. The van der Waals surface area contributed by atoms with Crippen molar-refractivity contribution in [3.05, 3.63) is 25.3 Å². The Hall–Kier alpha value is -3.22. The molecule has 6 heterocycles. The third-order valence-corrected chi connectivity index (χ3v) is 8.81. The van der Waals surface area contributed by atoms with E-state index in [-0.39, 0.29) is 24.4 Å². The highest BCUT2D eigenvalue weighted by Crippen LogP contribution is 2.42. The van der Waals surface area contributed by atoms with Gasteiger partial charge in [0.25, 0.3) is 0 Å². The lowest BCUT2D eigenvalue weighted by Gasteiger charge is -2.15. The van der Waals surface area contributed by atoms with Crippen LogP contribution in [0, 0.1) is 11.8 Å². The number of imidazole rings is 2.